The molecule has 0 bridgehead atoms. The number of nitrogens with one attached hydrogen (secondary N) is 1. The zero-order valence-corrected chi connectivity index (χ0v) is 17.7. The Hall–Kier alpha value is -3.68. The Morgan fingerprint density at radius 3 is 2.39 bits per heavy atom. The van der Waals surface area contributed by atoms with Gasteiger partial charge < -0.3 is 5.32 Å². The maximum absolute atomic E-state index is 13.5. The first-order valence-electron chi connectivity index (χ1n) is 10.8. The summed E-state index contributed by atoms with van der Waals surface area (Å²) in [5.41, 5.74) is 1.77. The molecule has 2 heterocycles. The standard InChI is InChI=1S/C25H21F2N3O3/c26-25(27)12-10-24(11-13-25)22(32)30(23(33)29-24)15-21(31)17-7-5-16(6-8-17)18-9-14-28-20-4-2-1-3-19(18)20/h1-9,14H,10-13,15H2,(H,29,33). The molecule has 2 aromatic carbocycles. The van der Waals surface area contributed by atoms with Crippen molar-refractivity contribution in [2.75, 3.05) is 6.54 Å². The van der Waals surface area contributed by atoms with Crippen LogP contribution in [-0.2, 0) is 4.79 Å². The van der Waals surface area contributed by atoms with Crippen LogP contribution in [0.15, 0.2) is 60.8 Å². The van der Waals surface area contributed by atoms with Gasteiger partial charge in [-0.25, -0.2) is 13.6 Å². The van der Waals surface area contributed by atoms with Gasteiger partial charge in [0.2, 0.25) is 5.92 Å². The fourth-order valence-electron chi connectivity index (χ4n) is 4.62. The summed E-state index contributed by atoms with van der Waals surface area (Å²) in [4.78, 5) is 43.3. The number of ketones is 1. The van der Waals surface area contributed by atoms with Crippen LogP contribution in [0.4, 0.5) is 13.6 Å². The molecule has 2 aliphatic rings. The van der Waals surface area contributed by atoms with Crippen LogP contribution in [-0.4, -0.2) is 45.6 Å². The van der Waals surface area contributed by atoms with Crippen molar-refractivity contribution in [3.63, 3.8) is 0 Å². The number of rotatable bonds is 4. The summed E-state index contributed by atoms with van der Waals surface area (Å²) in [6, 6.07) is 15.9. The number of carbonyl (C=O) groups is 3. The van der Waals surface area contributed by atoms with E-state index in [1.165, 1.54) is 0 Å². The van der Waals surface area contributed by atoms with E-state index in [2.05, 4.69) is 10.3 Å². The van der Waals surface area contributed by atoms with E-state index in [0.29, 0.717) is 5.56 Å². The highest BCUT2D eigenvalue weighted by Gasteiger charge is 2.55. The second-order valence-electron chi connectivity index (χ2n) is 8.64. The highest BCUT2D eigenvalue weighted by atomic mass is 19.3. The third-order valence-corrected chi connectivity index (χ3v) is 6.55. The normalized spacial score (nSPS) is 19.2. The molecule has 2 fully saturated rings. The van der Waals surface area contributed by atoms with Crippen LogP contribution < -0.4 is 5.32 Å². The van der Waals surface area contributed by atoms with Gasteiger partial charge in [0, 0.05) is 30.0 Å². The molecule has 8 heteroatoms. The average Bonchev–Trinajstić information content (AvgIpc) is 3.05. The topological polar surface area (TPSA) is 79.4 Å². The number of para-hydroxylation sites is 1. The minimum Gasteiger partial charge on any atom is -0.323 e. The van der Waals surface area contributed by atoms with Gasteiger partial charge in [-0.15, -0.1) is 0 Å². The van der Waals surface area contributed by atoms with E-state index in [1.54, 1.807) is 18.3 Å². The van der Waals surface area contributed by atoms with Gasteiger partial charge in [-0.05, 0) is 36.1 Å². The second-order valence-corrected chi connectivity index (χ2v) is 8.64. The molecule has 0 atom stereocenters. The van der Waals surface area contributed by atoms with Crippen LogP contribution >= 0.6 is 0 Å². The molecule has 33 heavy (non-hydrogen) atoms. The quantitative estimate of drug-likeness (QED) is 0.467. The Kier molecular flexibility index (Phi) is 4.96. The Morgan fingerprint density at radius 2 is 1.67 bits per heavy atom. The van der Waals surface area contributed by atoms with Crippen LogP contribution in [0.2, 0.25) is 0 Å². The number of pyridine rings is 1. The molecular weight excluding hydrogens is 428 g/mol. The van der Waals surface area contributed by atoms with Gasteiger partial charge in [-0.3, -0.25) is 19.5 Å². The van der Waals surface area contributed by atoms with Crippen LogP contribution in [0.25, 0.3) is 22.0 Å². The zero-order chi connectivity index (χ0) is 23.2. The van der Waals surface area contributed by atoms with Crippen molar-refractivity contribution in [1.82, 2.24) is 15.2 Å². The average molecular weight is 449 g/mol. The number of hydrogen-bond donors (Lipinski definition) is 1. The van der Waals surface area contributed by atoms with Gasteiger partial charge in [0.15, 0.2) is 5.78 Å². The van der Waals surface area contributed by atoms with E-state index in [9.17, 15) is 23.2 Å². The fraction of sp³-hybridized carbons (Fsp3) is 0.280. The van der Waals surface area contributed by atoms with Gasteiger partial charge in [-0.2, -0.15) is 0 Å². The van der Waals surface area contributed by atoms with E-state index >= 15 is 0 Å². The van der Waals surface area contributed by atoms with E-state index in [-0.39, 0.29) is 12.8 Å². The number of amides is 3. The van der Waals surface area contributed by atoms with Crippen LogP contribution in [0.3, 0.4) is 0 Å². The third kappa shape index (κ3) is 3.75. The summed E-state index contributed by atoms with van der Waals surface area (Å²) in [7, 11) is 0. The molecule has 1 aromatic heterocycles. The smallest absolute Gasteiger partial charge is 0.323 e. The van der Waals surface area contributed by atoms with Crippen molar-refractivity contribution in [3.05, 3.63) is 66.4 Å². The minimum absolute atomic E-state index is 0.135. The van der Waals surface area contributed by atoms with Crippen molar-refractivity contribution in [2.24, 2.45) is 0 Å². The number of nitrogens with zero attached hydrogens (tertiary/aromatic N) is 2. The van der Waals surface area contributed by atoms with Crippen LogP contribution in [0, 0.1) is 0 Å². The lowest BCUT2D eigenvalue weighted by Gasteiger charge is -2.34. The summed E-state index contributed by atoms with van der Waals surface area (Å²) < 4.78 is 27.1. The SMILES string of the molecule is O=C(CN1C(=O)NC2(CCC(F)(F)CC2)C1=O)c1ccc(-c2ccnc3ccccc23)cc1. The van der Waals surface area contributed by atoms with Crippen molar-refractivity contribution < 1.29 is 23.2 Å². The Morgan fingerprint density at radius 1 is 0.970 bits per heavy atom. The highest BCUT2D eigenvalue weighted by molar-refractivity contribution is 6.11. The monoisotopic (exact) mass is 449 g/mol. The number of benzene rings is 2. The molecule has 5 rings (SSSR count). The Balaban J connectivity index is 1.32. The van der Waals surface area contributed by atoms with Crippen molar-refractivity contribution in [2.45, 2.75) is 37.1 Å². The van der Waals surface area contributed by atoms with E-state index in [0.717, 1.165) is 26.9 Å². The van der Waals surface area contributed by atoms with Gasteiger partial charge >= 0.3 is 6.03 Å². The molecule has 168 valence electrons. The number of imide groups is 1. The molecule has 3 amide bonds. The number of carbonyl (C=O) groups excluding carboxylic acids is 3. The molecule has 1 saturated carbocycles. The lowest BCUT2D eigenvalue weighted by atomic mass is 9.80. The predicted octanol–water partition coefficient (Wildman–Crippen LogP) is 4.58. The maximum atomic E-state index is 13.5. The van der Waals surface area contributed by atoms with Crippen LogP contribution in [0.5, 0.6) is 0 Å². The fourth-order valence-corrected chi connectivity index (χ4v) is 4.62. The molecule has 6 nitrogen and oxygen atoms in total. The molecule has 1 aliphatic carbocycles. The number of hydrogen-bond acceptors (Lipinski definition) is 4. The first kappa shape index (κ1) is 21.2. The number of urea groups is 1. The molecule has 0 radical (unpaired) electrons. The van der Waals surface area contributed by atoms with E-state index in [1.807, 2.05) is 42.5 Å². The molecule has 1 aliphatic heterocycles. The third-order valence-electron chi connectivity index (χ3n) is 6.55. The maximum Gasteiger partial charge on any atom is 0.325 e. The summed E-state index contributed by atoms with van der Waals surface area (Å²) in [6.07, 6.45) is 0.525. The molecule has 1 spiro atoms. The second kappa shape index (κ2) is 7.72. The zero-order valence-electron chi connectivity index (χ0n) is 17.7. The molecule has 1 saturated heterocycles. The first-order valence-corrected chi connectivity index (χ1v) is 10.8. The van der Waals surface area contributed by atoms with Gasteiger partial charge in [0.25, 0.3) is 5.91 Å². The van der Waals surface area contributed by atoms with Crippen molar-refractivity contribution >= 4 is 28.6 Å². The van der Waals surface area contributed by atoms with Crippen LogP contribution in [0.1, 0.15) is 36.0 Å². The van der Waals surface area contributed by atoms with E-state index < -0.39 is 48.6 Å². The van der Waals surface area contributed by atoms with Gasteiger partial charge in [0.1, 0.15) is 5.54 Å². The summed E-state index contributed by atoms with van der Waals surface area (Å²) in [6.45, 7) is -0.430. The largest absolute Gasteiger partial charge is 0.325 e. The summed E-state index contributed by atoms with van der Waals surface area (Å²) >= 11 is 0. The number of fused-ring (bicyclic) bond motifs is 1. The highest BCUT2D eigenvalue weighted by Crippen LogP contribution is 2.41. The number of halogens is 2. The summed E-state index contributed by atoms with van der Waals surface area (Å²) in [5.74, 6) is -3.83. The van der Waals surface area contributed by atoms with Crippen molar-refractivity contribution in [3.8, 4) is 11.1 Å². The lowest BCUT2D eigenvalue weighted by molar-refractivity contribution is -0.135. The number of Topliss-reactive ketones (excluding diaryl/α,β-unsaturated/α-hetero) is 1. The number of aromatic nitrogens is 1. The Labute approximate surface area is 188 Å². The van der Waals surface area contributed by atoms with Gasteiger partial charge in [-0.1, -0.05) is 42.5 Å². The van der Waals surface area contributed by atoms with Gasteiger partial charge in [0.05, 0.1) is 12.1 Å². The molecule has 3 aromatic rings. The lowest BCUT2D eigenvalue weighted by Crippen LogP contribution is -2.51. The predicted molar refractivity (Wildman–Crippen MR) is 118 cm³/mol. The number of alkyl halides is 2. The molecule has 0 unspecified atom stereocenters. The first-order chi connectivity index (χ1) is 15.8. The Bertz CT molecular complexity index is 1260. The molecular formula is C25H21F2N3O3. The molecule has 1 N–H and O–H groups in total. The summed E-state index contributed by atoms with van der Waals surface area (Å²) in [5, 5.41) is 3.55. The van der Waals surface area contributed by atoms with E-state index in [4.69, 9.17) is 0 Å². The minimum atomic E-state index is -2.83. The van der Waals surface area contributed by atoms with Crippen molar-refractivity contribution in [1.29, 1.82) is 0 Å².